The molecule has 0 fully saturated rings. The smallest absolute Gasteiger partial charge is 0.294 e. The van der Waals surface area contributed by atoms with Crippen molar-refractivity contribution < 1.29 is 25.9 Å². The Labute approximate surface area is 143 Å². The summed E-state index contributed by atoms with van der Waals surface area (Å²) in [7, 11) is -8.43. The van der Waals surface area contributed by atoms with E-state index in [-0.39, 0.29) is 29.3 Å². The van der Waals surface area contributed by atoms with Gasteiger partial charge in [-0.2, -0.15) is 31.8 Å². The molecule has 0 unspecified atom stereocenters. The zero-order valence-electron chi connectivity index (χ0n) is 12.5. The van der Waals surface area contributed by atoms with Crippen LogP contribution in [0.15, 0.2) is 29.2 Å². The second-order valence-corrected chi connectivity index (χ2v) is 7.67. The summed E-state index contributed by atoms with van der Waals surface area (Å²) in [5.74, 6) is -0.700. The van der Waals surface area contributed by atoms with Crippen molar-refractivity contribution in [2.75, 3.05) is 28.7 Å². The van der Waals surface area contributed by atoms with Gasteiger partial charge in [-0.05, 0) is 24.3 Å². The molecule has 2 rings (SSSR count). The highest BCUT2D eigenvalue weighted by Gasteiger charge is 2.10. The van der Waals surface area contributed by atoms with Gasteiger partial charge in [0, 0.05) is 12.2 Å². The average molecular weight is 390 g/mol. The number of nitrogens with zero attached hydrogens (tertiary/aromatic N) is 3. The lowest BCUT2D eigenvalue weighted by Gasteiger charge is -2.08. The van der Waals surface area contributed by atoms with Crippen LogP contribution in [0, 0.1) is 0 Å². The first-order valence-corrected chi connectivity index (χ1v) is 9.63. The van der Waals surface area contributed by atoms with Crippen LogP contribution in [0.2, 0.25) is 0 Å². The predicted octanol–water partition coefficient (Wildman–Crippen LogP) is -0.256. The summed E-state index contributed by atoms with van der Waals surface area (Å²) in [5, 5.41) is 5.31. The van der Waals surface area contributed by atoms with Gasteiger partial charge in [0.15, 0.2) is 0 Å². The summed E-state index contributed by atoms with van der Waals surface area (Å²) in [6, 6.07) is 5.09. The highest BCUT2D eigenvalue weighted by atomic mass is 32.2. The van der Waals surface area contributed by atoms with E-state index in [2.05, 4.69) is 25.6 Å². The van der Waals surface area contributed by atoms with Crippen molar-refractivity contribution in [2.45, 2.75) is 4.90 Å². The second-order valence-electron chi connectivity index (χ2n) is 4.68. The normalized spacial score (nSPS) is 11.9. The van der Waals surface area contributed by atoms with Crippen molar-refractivity contribution >= 4 is 43.8 Å². The van der Waals surface area contributed by atoms with Crippen LogP contribution in [-0.2, 0) is 20.2 Å². The highest BCUT2D eigenvalue weighted by Crippen LogP contribution is 2.17. The zero-order chi connectivity index (χ0) is 18.7. The fourth-order valence-electron chi connectivity index (χ4n) is 1.66. The van der Waals surface area contributed by atoms with Crippen LogP contribution in [-0.4, -0.2) is 53.2 Å². The molecule has 0 spiro atoms. The van der Waals surface area contributed by atoms with E-state index in [4.69, 9.17) is 14.8 Å². The fraction of sp³-hybridized carbons (Fsp3) is 0.182. The number of aromatic nitrogens is 3. The molecular weight excluding hydrogens is 376 g/mol. The van der Waals surface area contributed by atoms with Crippen LogP contribution in [0.5, 0.6) is 0 Å². The van der Waals surface area contributed by atoms with Crippen LogP contribution >= 0.6 is 0 Å². The minimum atomic E-state index is -4.30. The lowest BCUT2D eigenvalue weighted by molar-refractivity contribution is 0.481. The van der Waals surface area contributed by atoms with Gasteiger partial charge in [-0.25, -0.2) is 0 Å². The van der Waals surface area contributed by atoms with Crippen LogP contribution in [0.1, 0.15) is 0 Å². The molecule has 2 aromatic rings. The summed E-state index contributed by atoms with van der Waals surface area (Å²) in [6.45, 7) is -0.148. The molecule has 1 heterocycles. The maximum atomic E-state index is 11.0. The van der Waals surface area contributed by atoms with Gasteiger partial charge in [-0.1, -0.05) is 0 Å². The van der Waals surface area contributed by atoms with Crippen LogP contribution < -0.4 is 16.4 Å². The molecular formula is C11H14N6O6S2. The summed E-state index contributed by atoms with van der Waals surface area (Å²) in [6.07, 6.45) is 0. The first kappa shape index (κ1) is 18.8. The minimum absolute atomic E-state index is 0.0152. The largest absolute Gasteiger partial charge is 0.368 e. The lowest BCUT2D eigenvalue weighted by Crippen LogP contribution is -2.17. The average Bonchev–Trinajstić information content (AvgIpc) is 2.45. The maximum absolute atomic E-state index is 11.0. The quantitative estimate of drug-likeness (QED) is 0.389. The Balaban J connectivity index is 2.11. The second kappa shape index (κ2) is 7.14. The van der Waals surface area contributed by atoms with E-state index in [1.165, 1.54) is 24.3 Å². The third kappa shape index (κ3) is 6.11. The summed E-state index contributed by atoms with van der Waals surface area (Å²) in [4.78, 5) is 11.3. The van der Waals surface area contributed by atoms with E-state index in [9.17, 15) is 16.8 Å². The lowest BCUT2D eigenvalue weighted by atomic mass is 10.3. The third-order valence-corrected chi connectivity index (χ3v) is 4.29. The SMILES string of the molecule is Nc1nc(NCCS(=O)(=O)O)nc(Nc2ccc(S(=O)(=O)O)cc2)n1. The molecule has 0 atom stereocenters. The molecule has 0 saturated carbocycles. The third-order valence-electron chi connectivity index (χ3n) is 2.70. The Morgan fingerprint density at radius 1 is 0.960 bits per heavy atom. The topological polar surface area (TPSA) is 197 Å². The molecule has 0 aliphatic heterocycles. The Morgan fingerprint density at radius 2 is 1.56 bits per heavy atom. The first-order valence-electron chi connectivity index (χ1n) is 6.58. The van der Waals surface area contributed by atoms with Crippen LogP contribution in [0.25, 0.3) is 0 Å². The molecule has 25 heavy (non-hydrogen) atoms. The highest BCUT2D eigenvalue weighted by molar-refractivity contribution is 7.86. The van der Waals surface area contributed by atoms with E-state index in [1.54, 1.807) is 0 Å². The number of nitrogens with one attached hydrogen (secondary N) is 2. The number of anilines is 4. The minimum Gasteiger partial charge on any atom is -0.368 e. The molecule has 1 aromatic heterocycles. The van der Waals surface area contributed by atoms with Gasteiger partial charge < -0.3 is 16.4 Å². The van der Waals surface area contributed by atoms with Gasteiger partial charge in [0.05, 0.1) is 10.6 Å². The molecule has 0 aliphatic rings. The van der Waals surface area contributed by atoms with Crippen molar-refractivity contribution in [3.8, 4) is 0 Å². The molecule has 14 heteroatoms. The maximum Gasteiger partial charge on any atom is 0.294 e. The molecule has 0 saturated heterocycles. The van der Waals surface area contributed by atoms with E-state index in [0.717, 1.165) is 0 Å². The Kier molecular flexibility index (Phi) is 5.36. The zero-order valence-corrected chi connectivity index (χ0v) is 14.1. The van der Waals surface area contributed by atoms with E-state index >= 15 is 0 Å². The Bertz CT molecular complexity index is 961. The number of benzene rings is 1. The van der Waals surface area contributed by atoms with Crippen molar-refractivity contribution in [1.29, 1.82) is 0 Å². The summed E-state index contributed by atoms with van der Waals surface area (Å²) >= 11 is 0. The van der Waals surface area contributed by atoms with Crippen molar-refractivity contribution in [3.63, 3.8) is 0 Å². The predicted molar refractivity (Wildman–Crippen MR) is 88.7 cm³/mol. The van der Waals surface area contributed by atoms with Gasteiger partial charge in [0.1, 0.15) is 0 Å². The fourth-order valence-corrected chi connectivity index (χ4v) is 2.50. The van der Waals surface area contributed by atoms with E-state index in [1.807, 2.05) is 0 Å². The Hall–Kier alpha value is -2.55. The first-order chi connectivity index (χ1) is 11.5. The molecule has 6 N–H and O–H groups in total. The van der Waals surface area contributed by atoms with Crippen molar-refractivity contribution in [3.05, 3.63) is 24.3 Å². The Morgan fingerprint density at radius 3 is 2.12 bits per heavy atom. The van der Waals surface area contributed by atoms with E-state index in [0.29, 0.717) is 5.69 Å². The van der Waals surface area contributed by atoms with Gasteiger partial charge in [-0.3, -0.25) is 9.11 Å². The van der Waals surface area contributed by atoms with Crippen molar-refractivity contribution in [1.82, 2.24) is 15.0 Å². The van der Waals surface area contributed by atoms with Crippen molar-refractivity contribution in [2.24, 2.45) is 0 Å². The number of nitrogens with two attached hydrogens (primary N) is 1. The summed E-state index contributed by atoms with van der Waals surface area (Å²) in [5.41, 5.74) is 5.93. The number of hydrogen-bond donors (Lipinski definition) is 5. The van der Waals surface area contributed by atoms with E-state index < -0.39 is 26.0 Å². The number of rotatable bonds is 7. The van der Waals surface area contributed by atoms with Crippen LogP contribution in [0.4, 0.5) is 23.5 Å². The van der Waals surface area contributed by atoms with Gasteiger partial charge in [0.25, 0.3) is 20.2 Å². The van der Waals surface area contributed by atoms with Crippen LogP contribution in [0.3, 0.4) is 0 Å². The standard InChI is InChI=1S/C11H14N6O6S2/c12-9-15-10(13-5-6-24(18,19)20)17-11(16-9)14-7-1-3-8(4-2-7)25(21,22)23/h1-4H,5-6H2,(H,18,19,20)(H,21,22,23)(H4,12,13,14,15,16,17). The number of hydrogen-bond acceptors (Lipinski definition) is 10. The molecule has 0 radical (unpaired) electrons. The summed E-state index contributed by atoms with van der Waals surface area (Å²) < 4.78 is 60.9. The van der Waals surface area contributed by atoms with Gasteiger partial charge >= 0.3 is 0 Å². The van der Waals surface area contributed by atoms with Gasteiger partial charge in [-0.15, -0.1) is 0 Å². The number of nitrogen functional groups attached to an aromatic ring is 1. The monoisotopic (exact) mass is 390 g/mol. The molecule has 12 nitrogen and oxygen atoms in total. The van der Waals surface area contributed by atoms with Gasteiger partial charge in [0.2, 0.25) is 17.8 Å². The molecule has 0 amide bonds. The molecule has 1 aromatic carbocycles. The molecule has 136 valence electrons. The molecule has 0 bridgehead atoms. The molecule has 0 aliphatic carbocycles.